The molecule has 0 aliphatic carbocycles. The highest BCUT2D eigenvalue weighted by Gasteiger charge is 2.12. The van der Waals surface area contributed by atoms with Crippen LogP contribution >= 0.6 is 0 Å². The lowest BCUT2D eigenvalue weighted by molar-refractivity contribution is 0.0953. The van der Waals surface area contributed by atoms with E-state index in [9.17, 15) is 4.79 Å². The molecule has 0 bridgehead atoms. The van der Waals surface area contributed by atoms with Crippen LogP contribution in [0.5, 0.6) is 11.5 Å². The summed E-state index contributed by atoms with van der Waals surface area (Å²) < 4.78 is 13.4. The number of aryl methyl sites for hydroxylation is 3. The van der Waals surface area contributed by atoms with E-state index in [0.29, 0.717) is 19.6 Å². The number of nitrogens with zero attached hydrogens (tertiary/aromatic N) is 2. The summed E-state index contributed by atoms with van der Waals surface area (Å²) >= 11 is 0. The summed E-state index contributed by atoms with van der Waals surface area (Å²) in [6.07, 6.45) is 2.56. The molecule has 0 saturated carbocycles. The number of nitrogens with one attached hydrogen (secondary N) is 1. The van der Waals surface area contributed by atoms with Gasteiger partial charge < -0.3 is 19.4 Å². The van der Waals surface area contributed by atoms with E-state index < -0.39 is 0 Å². The summed E-state index contributed by atoms with van der Waals surface area (Å²) in [5.74, 6) is 2.56. The number of carbonyl (C=O) groups excluding carboxylic acids is 1. The molecule has 0 spiro atoms. The average molecular weight is 472 g/mol. The molecule has 6 nitrogen and oxygen atoms in total. The highest BCUT2D eigenvalue weighted by molar-refractivity contribution is 5.95. The third-order valence-electron chi connectivity index (χ3n) is 6.08. The number of hydrogen-bond donors (Lipinski definition) is 1. The lowest BCUT2D eigenvalue weighted by atomic mass is 10.1. The highest BCUT2D eigenvalue weighted by atomic mass is 16.5. The largest absolute Gasteiger partial charge is 0.497 e. The number of benzene rings is 3. The smallest absolute Gasteiger partial charge is 0.251 e. The first-order valence-corrected chi connectivity index (χ1v) is 12.1. The van der Waals surface area contributed by atoms with E-state index in [0.717, 1.165) is 64.4 Å². The van der Waals surface area contributed by atoms with Gasteiger partial charge in [-0.1, -0.05) is 35.9 Å². The van der Waals surface area contributed by atoms with E-state index in [1.54, 1.807) is 7.11 Å². The third kappa shape index (κ3) is 6.21. The number of para-hydroxylation sites is 2. The van der Waals surface area contributed by atoms with Crippen molar-refractivity contribution in [1.29, 1.82) is 0 Å². The number of methoxy groups -OCH3 is 1. The number of unbranched alkanes of at least 4 members (excludes halogenated alkanes) is 1. The van der Waals surface area contributed by atoms with Crippen molar-refractivity contribution >= 4 is 16.9 Å². The van der Waals surface area contributed by atoms with Crippen molar-refractivity contribution in [3.8, 4) is 11.5 Å². The van der Waals surface area contributed by atoms with Crippen molar-refractivity contribution in [2.75, 3.05) is 20.3 Å². The number of imidazole rings is 1. The van der Waals surface area contributed by atoms with Gasteiger partial charge in [0.1, 0.15) is 17.3 Å². The topological polar surface area (TPSA) is 65.4 Å². The van der Waals surface area contributed by atoms with Gasteiger partial charge in [0.25, 0.3) is 5.91 Å². The normalized spacial score (nSPS) is 10.9. The monoisotopic (exact) mass is 471 g/mol. The molecule has 1 aromatic heterocycles. The van der Waals surface area contributed by atoms with Crippen LogP contribution in [0.1, 0.15) is 40.2 Å². The fraction of sp³-hybridized carbons (Fsp3) is 0.310. The summed E-state index contributed by atoms with van der Waals surface area (Å²) in [5, 5.41) is 3.06. The molecule has 4 aromatic rings. The zero-order chi connectivity index (χ0) is 24.6. The second-order valence-corrected chi connectivity index (χ2v) is 8.73. The Morgan fingerprint density at radius 2 is 1.80 bits per heavy atom. The van der Waals surface area contributed by atoms with E-state index in [4.69, 9.17) is 14.5 Å². The van der Waals surface area contributed by atoms with Crippen molar-refractivity contribution in [1.82, 2.24) is 14.9 Å². The van der Waals surface area contributed by atoms with Crippen LogP contribution in [0, 0.1) is 13.8 Å². The summed E-state index contributed by atoms with van der Waals surface area (Å²) in [6, 6.07) is 21.8. The van der Waals surface area contributed by atoms with Crippen LogP contribution in [0.25, 0.3) is 11.0 Å². The molecule has 1 amide bonds. The molecule has 1 heterocycles. The van der Waals surface area contributed by atoms with Gasteiger partial charge >= 0.3 is 0 Å². The number of fused-ring (bicyclic) bond motifs is 1. The van der Waals surface area contributed by atoms with Gasteiger partial charge in [0.2, 0.25) is 0 Å². The Morgan fingerprint density at radius 3 is 2.63 bits per heavy atom. The Balaban J connectivity index is 1.33. The van der Waals surface area contributed by atoms with Crippen LogP contribution in [0.4, 0.5) is 0 Å². The van der Waals surface area contributed by atoms with Crippen LogP contribution in [0.3, 0.4) is 0 Å². The van der Waals surface area contributed by atoms with Gasteiger partial charge in [-0.15, -0.1) is 0 Å². The molecule has 3 aromatic carbocycles. The van der Waals surface area contributed by atoms with Gasteiger partial charge in [-0.05, 0) is 62.6 Å². The molecule has 0 unspecified atom stereocenters. The summed E-state index contributed by atoms with van der Waals surface area (Å²) in [5.41, 5.74) is 4.97. The summed E-state index contributed by atoms with van der Waals surface area (Å²) in [4.78, 5) is 17.5. The number of rotatable bonds is 11. The lowest BCUT2D eigenvalue weighted by Gasteiger charge is -2.12. The van der Waals surface area contributed by atoms with Gasteiger partial charge in [-0.3, -0.25) is 4.79 Å². The van der Waals surface area contributed by atoms with E-state index in [1.807, 2.05) is 74.5 Å². The molecular formula is C29H33N3O3. The van der Waals surface area contributed by atoms with Crippen LogP contribution in [0.15, 0.2) is 66.7 Å². The quantitative estimate of drug-likeness (QED) is 0.294. The van der Waals surface area contributed by atoms with Crippen LogP contribution in [-0.2, 0) is 13.0 Å². The minimum absolute atomic E-state index is 0.0418. The zero-order valence-corrected chi connectivity index (χ0v) is 20.7. The van der Waals surface area contributed by atoms with Crippen molar-refractivity contribution < 1.29 is 14.3 Å². The van der Waals surface area contributed by atoms with Crippen LogP contribution in [0.2, 0.25) is 0 Å². The SMILES string of the molecule is COc1cccc(OCCCCn2c(CCNC(=O)c3ccc(C)cc3C)nc3ccccc32)c1. The van der Waals surface area contributed by atoms with Crippen molar-refractivity contribution in [3.63, 3.8) is 0 Å². The molecule has 35 heavy (non-hydrogen) atoms. The van der Waals surface area contributed by atoms with Crippen molar-refractivity contribution in [3.05, 3.63) is 89.2 Å². The first-order chi connectivity index (χ1) is 17.0. The molecule has 0 atom stereocenters. The molecular weight excluding hydrogens is 438 g/mol. The van der Waals surface area contributed by atoms with E-state index in [1.165, 1.54) is 0 Å². The molecule has 1 N–H and O–H groups in total. The lowest BCUT2D eigenvalue weighted by Crippen LogP contribution is -2.27. The minimum Gasteiger partial charge on any atom is -0.497 e. The number of carbonyl (C=O) groups is 1. The second-order valence-electron chi connectivity index (χ2n) is 8.73. The molecule has 0 fully saturated rings. The molecule has 0 aliphatic heterocycles. The first-order valence-electron chi connectivity index (χ1n) is 12.1. The molecule has 0 radical (unpaired) electrons. The Bertz CT molecular complexity index is 1300. The standard InChI is InChI=1S/C29H33N3O3/c1-21-13-14-25(22(2)19-21)29(33)30-16-15-28-31-26-11-4-5-12-27(26)32(28)17-6-7-18-35-24-10-8-9-23(20-24)34-3/h4-5,8-14,19-20H,6-7,15-18H2,1-3H3,(H,30,33). The maximum atomic E-state index is 12.7. The van der Waals surface area contributed by atoms with Crippen LogP contribution < -0.4 is 14.8 Å². The zero-order valence-electron chi connectivity index (χ0n) is 20.7. The Kier molecular flexibility index (Phi) is 8.03. The van der Waals surface area contributed by atoms with Crippen molar-refractivity contribution in [2.45, 2.75) is 39.7 Å². The Labute approximate surface area is 206 Å². The fourth-order valence-corrected chi connectivity index (χ4v) is 4.27. The highest BCUT2D eigenvalue weighted by Crippen LogP contribution is 2.20. The third-order valence-corrected chi connectivity index (χ3v) is 6.08. The Morgan fingerprint density at radius 1 is 0.971 bits per heavy atom. The first kappa shape index (κ1) is 24.3. The predicted octanol–water partition coefficient (Wildman–Crippen LogP) is 5.49. The van der Waals surface area contributed by atoms with Gasteiger partial charge in [0.05, 0.1) is 24.8 Å². The number of aromatic nitrogens is 2. The van der Waals surface area contributed by atoms with Gasteiger partial charge in [-0.2, -0.15) is 0 Å². The van der Waals surface area contributed by atoms with E-state index in [2.05, 4.69) is 16.0 Å². The number of ether oxygens (including phenoxy) is 2. The minimum atomic E-state index is -0.0418. The molecule has 0 aliphatic rings. The summed E-state index contributed by atoms with van der Waals surface area (Å²) in [7, 11) is 1.65. The maximum absolute atomic E-state index is 12.7. The number of amides is 1. The fourth-order valence-electron chi connectivity index (χ4n) is 4.27. The molecule has 6 heteroatoms. The molecule has 4 rings (SSSR count). The van der Waals surface area contributed by atoms with E-state index in [-0.39, 0.29) is 5.91 Å². The van der Waals surface area contributed by atoms with E-state index >= 15 is 0 Å². The maximum Gasteiger partial charge on any atom is 0.251 e. The van der Waals surface area contributed by atoms with Crippen LogP contribution in [-0.4, -0.2) is 35.7 Å². The number of hydrogen-bond acceptors (Lipinski definition) is 4. The van der Waals surface area contributed by atoms with Crippen molar-refractivity contribution in [2.24, 2.45) is 0 Å². The molecule has 0 saturated heterocycles. The van der Waals surface area contributed by atoms with Gasteiger partial charge in [0, 0.05) is 31.1 Å². The predicted molar refractivity (Wildman–Crippen MR) is 139 cm³/mol. The molecule has 182 valence electrons. The Hall–Kier alpha value is -3.80. The van der Waals surface area contributed by atoms with Gasteiger partial charge in [-0.25, -0.2) is 4.98 Å². The average Bonchev–Trinajstić information content (AvgIpc) is 3.21. The van der Waals surface area contributed by atoms with Gasteiger partial charge in [0.15, 0.2) is 0 Å². The second kappa shape index (κ2) is 11.6. The summed E-state index contributed by atoms with van der Waals surface area (Å²) in [6.45, 7) is 6.03.